The third kappa shape index (κ3) is 2.33. The number of carbonyl (C=O) groups is 2. The number of hydrogen-bond donors (Lipinski definition) is 2. The highest BCUT2D eigenvalue weighted by atomic mass is 35.5. The Morgan fingerprint density at radius 1 is 1.22 bits per heavy atom. The van der Waals surface area contributed by atoms with Gasteiger partial charge >= 0.3 is 12.2 Å². The van der Waals surface area contributed by atoms with Crippen molar-refractivity contribution in [2.75, 3.05) is 0 Å². The summed E-state index contributed by atoms with van der Waals surface area (Å²) in [6.07, 6.45) is -3.04. The van der Waals surface area contributed by atoms with Crippen molar-refractivity contribution in [2.24, 2.45) is 11.5 Å². The van der Waals surface area contributed by atoms with Crippen LogP contribution >= 0.6 is 11.6 Å². The predicted molar refractivity (Wildman–Crippen MR) is 63.0 cm³/mol. The van der Waals surface area contributed by atoms with Crippen molar-refractivity contribution in [3.63, 3.8) is 0 Å². The number of nitrogens with two attached hydrogens (primary N) is 2. The zero-order valence-electron chi connectivity index (χ0n) is 9.26. The first kappa shape index (κ1) is 12.5. The van der Waals surface area contributed by atoms with Crippen molar-refractivity contribution in [2.45, 2.75) is 18.6 Å². The molecular formula is C11H11ClN2O4. The molecule has 0 aliphatic heterocycles. The second-order valence-electron chi connectivity index (χ2n) is 3.84. The summed E-state index contributed by atoms with van der Waals surface area (Å²) in [4.78, 5) is 21.7. The van der Waals surface area contributed by atoms with Gasteiger partial charge in [0.2, 0.25) is 0 Å². The summed E-state index contributed by atoms with van der Waals surface area (Å²) < 4.78 is 9.86. The van der Waals surface area contributed by atoms with Gasteiger partial charge in [0.05, 0.1) is 0 Å². The lowest BCUT2D eigenvalue weighted by molar-refractivity contribution is 0.00574. The fourth-order valence-corrected chi connectivity index (χ4v) is 2.34. The number of benzene rings is 1. The van der Waals surface area contributed by atoms with Gasteiger partial charge in [-0.2, -0.15) is 0 Å². The molecule has 0 saturated heterocycles. The number of halogens is 1. The van der Waals surface area contributed by atoms with Gasteiger partial charge in [0.1, 0.15) is 6.10 Å². The number of primary amides is 2. The van der Waals surface area contributed by atoms with E-state index in [-0.39, 0.29) is 0 Å². The number of amides is 2. The van der Waals surface area contributed by atoms with E-state index in [4.69, 9.17) is 32.5 Å². The average molecular weight is 271 g/mol. The van der Waals surface area contributed by atoms with Crippen molar-refractivity contribution in [3.05, 3.63) is 34.3 Å². The van der Waals surface area contributed by atoms with Gasteiger partial charge < -0.3 is 20.9 Å². The Balaban J connectivity index is 2.34. The van der Waals surface area contributed by atoms with Crippen LogP contribution in [0.5, 0.6) is 0 Å². The minimum absolute atomic E-state index is 0.329. The number of ether oxygens (including phenoxy) is 2. The Morgan fingerprint density at radius 2 is 1.89 bits per heavy atom. The Labute approximate surface area is 108 Å². The quantitative estimate of drug-likeness (QED) is 0.849. The molecule has 96 valence electrons. The zero-order chi connectivity index (χ0) is 13.3. The summed E-state index contributed by atoms with van der Waals surface area (Å²) in [7, 11) is 0. The average Bonchev–Trinajstić information content (AvgIpc) is 2.58. The van der Waals surface area contributed by atoms with Gasteiger partial charge in [0, 0.05) is 17.0 Å². The largest absolute Gasteiger partial charge is 0.442 e. The Morgan fingerprint density at radius 3 is 2.50 bits per heavy atom. The van der Waals surface area contributed by atoms with Gasteiger partial charge in [0.15, 0.2) is 6.10 Å². The maximum absolute atomic E-state index is 10.9. The molecule has 1 aromatic rings. The zero-order valence-corrected chi connectivity index (χ0v) is 10.0. The second kappa shape index (κ2) is 4.73. The maximum Gasteiger partial charge on any atom is 0.405 e. The van der Waals surface area contributed by atoms with Crippen LogP contribution in [0.3, 0.4) is 0 Å². The molecule has 6 nitrogen and oxygen atoms in total. The van der Waals surface area contributed by atoms with Crippen LogP contribution in [0.1, 0.15) is 17.2 Å². The van der Waals surface area contributed by atoms with Crippen molar-refractivity contribution >= 4 is 23.8 Å². The molecule has 0 radical (unpaired) electrons. The normalized spacial score (nSPS) is 21.2. The molecule has 18 heavy (non-hydrogen) atoms. The van der Waals surface area contributed by atoms with E-state index in [1.165, 1.54) is 0 Å². The minimum Gasteiger partial charge on any atom is -0.442 e. The van der Waals surface area contributed by atoms with Crippen LogP contribution in [-0.2, 0) is 15.9 Å². The van der Waals surface area contributed by atoms with Crippen molar-refractivity contribution in [1.29, 1.82) is 0 Å². The summed E-state index contributed by atoms with van der Waals surface area (Å²) in [6.45, 7) is 0. The monoisotopic (exact) mass is 270 g/mol. The highest BCUT2D eigenvalue weighted by Gasteiger charge is 2.38. The first-order chi connectivity index (χ1) is 8.49. The van der Waals surface area contributed by atoms with Crippen LogP contribution in [0.25, 0.3) is 0 Å². The molecule has 0 aromatic heterocycles. The fourth-order valence-electron chi connectivity index (χ4n) is 2.08. The molecule has 7 heteroatoms. The summed E-state index contributed by atoms with van der Waals surface area (Å²) in [6, 6.07) is 5.15. The van der Waals surface area contributed by atoms with E-state index in [0.29, 0.717) is 17.0 Å². The Hall–Kier alpha value is -1.95. The number of hydrogen-bond acceptors (Lipinski definition) is 4. The van der Waals surface area contributed by atoms with Crippen LogP contribution < -0.4 is 11.5 Å². The van der Waals surface area contributed by atoms with Crippen molar-refractivity contribution < 1.29 is 19.1 Å². The summed E-state index contributed by atoms with van der Waals surface area (Å²) in [5.41, 5.74) is 11.4. The van der Waals surface area contributed by atoms with Crippen LogP contribution in [0, 0.1) is 0 Å². The van der Waals surface area contributed by atoms with E-state index < -0.39 is 24.4 Å². The second-order valence-corrected chi connectivity index (χ2v) is 4.25. The third-order valence-corrected chi connectivity index (χ3v) is 3.07. The van der Waals surface area contributed by atoms with Gasteiger partial charge in [-0.05, 0) is 11.6 Å². The topological polar surface area (TPSA) is 105 Å². The van der Waals surface area contributed by atoms with Crippen molar-refractivity contribution in [3.8, 4) is 0 Å². The van der Waals surface area contributed by atoms with Crippen LogP contribution in [0.4, 0.5) is 9.59 Å². The van der Waals surface area contributed by atoms with Gasteiger partial charge in [0.25, 0.3) is 0 Å². The summed E-state index contributed by atoms with van der Waals surface area (Å²) in [5.74, 6) is 0. The molecular weight excluding hydrogens is 260 g/mol. The first-order valence-corrected chi connectivity index (χ1v) is 5.56. The lowest BCUT2D eigenvalue weighted by atomic mass is 10.1. The Bertz CT molecular complexity index is 506. The molecule has 2 amide bonds. The van der Waals surface area contributed by atoms with E-state index in [0.717, 1.165) is 5.56 Å². The molecule has 1 aromatic carbocycles. The molecule has 0 unspecified atom stereocenters. The molecule has 2 atom stereocenters. The number of carbonyl (C=O) groups excluding carboxylic acids is 2. The van der Waals surface area contributed by atoms with Gasteiger partial charge in [-0.15, -0.1) is 0 Å². The maximum atomic E-state index is 10.9. The SMILES string of the molecule is NC(=O)O[C@@H]1Cc2c(Cl)cccc2[C@@H]1OC(N)=O. The number of rotatable bonds is 2. The van der Waals surface area contributed by atoms with Crippen molar-refractivity contribution in [1.82, 2.24) is 0 Å². The van der Waals surface area contributed by atoms with Crippen LogP contribution in [-0.4, -0.2) is 18.3 Å². The molecule has 2 rings (SSSR count). The molecule has 0 bridgehead atoms. The van der Waals surface area contributed by atoms with Gasteiger partial charge in [-0.1, -0.05) is 23.7 Å². The molecule has 4 N–H and O–H groups in total. The smallest absolute Gasteiger partial charge is 0.405 e. The van der Waals surface area contributed by atoms with Crippen LogP contribution in [0.15, 0.2) is 18.2 Å². The molecule has 0 heterocycles. The van der Waals surface area contributed by atoms with E-state index in [9.17, 15) is 9.59 Å². The highest BCUT2D eigenvalue weighted by Crippen LogP contribution is 2.39. The molecule has 0 saturated carbocycles. The summed E-state index contributed by atoms with van der Waals surface area (Å²) >= 11 is 6.03. The standard InChI is InChI=1S/C11H11ClN2O4/c12-7-3-1-2-5-6(7)4-8(17-10(13)15)9(5)18-11(14)16/h1-3,8-9H,4H2,(H2,13,15)(H2,14,16)/t8-,9+/m1/s1. The molecule has 1 aliphatic rings. The first-order valence-electron chi connectivity index (χ1n) is 5.18. The highest BCUT2D eigenvalue weighted by molar-refractivity contribution is 6.31. The number of fused-ring (bicyclic) bond motifs is 1. The van der Waals surface area contributed by atoms with E-state index in [1.807, 2.05) is 0 Å². The fraction of sp³-hybridized carbons (Fsp3) is 0.273. The lowest BCUT2D eigenvalue weighted by Gasteiger charge is -2.19. The molecule has 0 fully saturated rings. The Kier molecular flexibility index (Phi) is 3.29. The van der Waals surface area contributed by atoms with E-state index >= 15 is 0 Å². The van der Waals surface area contributed by atoms with E-state index in [2.05, 4.69) is 0 Å². The molecule has 1 aliphatic carbocycles. The predicted octanol–water partition coefficient (Wildman–Crippen LogP) is 1.50. The van der Waals surface area contributed by atoms with Crippen LogP contribution in [0.2, 0.25) is 5.02 Å². The lowest BCUT2D eigenvalue weighted by Crippen LogP contribution is -2.30. The van der Waals surface area contributed by atoms with Gasteiger partial charge in [-0.3, -0.25) is 0 Å². The minimum atomic E-state index is -0.953. The van der Waals surface area contributed by atoms with Gasteiger partial charge in [-0.25, -0.2) is 9.59 Å². The summed E-state index contributed by atoms with van der Waals surface area (Å²) in [5, 5.41) is 0.515. The van der Waals surface area contributed by atoms with E-state index in [1.54, 1.807) is 18.2 Å². The third-order valence-electron chi connectivity index (χ3n) is 2.72. The molecule has 0 spiro atoms.